The number of unbranched alkanes of at least 4 members (excludes halogenated alkanes) is 48. The second-order valence-electron chi connectivity index (χ2n) is 26.0. The molecule has 11 heteroatoms. The summed E-state index contributed by atoms with van der Waals surface area (Å²) < 4.78 is 16.7. The summed E-state index contributed by atoms with van der Waals surface area (Å²) in [4.78, 5) is 25.1. The van der Waals surface area contributed by atoms with Crippen molar-refractivity contribution in [3.05, 3.63) is 36.5 Å². The number of esters is 1. The van der Waals surface area contributed by atoms with Gasteiger partial charge in [0.25, 0.3) is 0 Å². The number of carbonyl (C=O) groups excluding carboxylic acids is 2. The van der Waals surface area contributed by atoms with E-state index >= 15 is 0 Å². The molecule has 1 aliphatic heterocycles. The molecule has 0 aliphatic carbocycles. The first kappa shape index (κ1) is 81.9. The van der Waals surface area contributed by atoms with Crippen LogP contribution in [0.5, 0.6) is 0 Å². The van der Waals surface area contributed by atoms with Crippen LogP contribution in [0.3, 0.4) is 0 Å². The summed E-state index contributed by atoms with van der Waals surface area (Å²) in [5, 5.41) is 54.5. The second-order valence-corrected chi connectivity index (χ2v) is 26.0. The number of nitrogens with one attached hydrogen (secondary N) is 1. The van der Waals surface area contributed by atoms with Gasteiger partial charge in [-0.05, 0) is 70.6 Å². The molecule has 506 valence electrons. The number of allylic oxidation sites excluding steroid dienone is 5. The number of carbonyl (C=O) groups is 2. The summed E-state index contributed by atoms with van der Waals surface area (Å²) >= 11 is 0. The molecular weight excluding hydrogens is 1070 g/mol. The van der Waals surface area contributed by atoms with Crippen molar-refractivity contribution >= 4 is 11.9 Å². The number of hydrogen-bond acceptors (Lipinski definition) is 10. The zero-order valence-corrected chi connectivity index (χ0v) is 56.3. The maximum atomic E-state index is 13.1. The minimum absolute atomic E-state index is 0.0113. The van der Waals surface area contributed by atoms with Crippen molar-refractivity contribution in [1.29, 1.82) is 0 Å². The molecule has 0 saturated carbocycles. The Morgan fingerprint density at radius 3 is 1.15 bits per heavy atom. The summed E-state index contributed by atoms with van der Waals surface area (Å²) in [5.74, 6) is -0.175. The van der Waals surface area contributed by atoms with Crippen LogP contribution < -0.4 is 5.32 Å². The normalized spacial score (nSPS) is 18.1. The summed E-state index contributed by atoms with van der Waals surface area (Å²) in [6.45, 7) is 4.36. The van der Waals surface area contributed by atoms with Crippen LogP contribution in [0.4, 0.5) is 0 Å². The Hall–Kier alpha value is -2.12. The fourth-order valence-corrected chi connectivity index (χ4v) is 11.9. The van der Waals surface area contributed by atoms with Crippen molar-refractivity contribution in [3.63, 3.8) is 0 Å². The van der Waals surface area contributed by atoms with Gasteiger partial charge in [-0.25, -0.2) is 0 Å². The Morgan fingerprint density at radius 1 is 0.419 bits per heavy atom. The molecule has 0 aromatic rings. The Morgan fingerprint density at radius 2 is 0.756 bits per heavy atom. The van der Waals surface area contributed by atoms with Gasteiger partial charge in [-0.2, -0.15) is 0 Å². The molecule has 1 fully saturated rings. The third-order valence-corrected chi connectivity index (χ3v) is 17.7. The van der Waals surface area contributed by atoms with Crippen LogP contribution in [-0.2, 0) is 23.8 Å². The van der Waals surface area contributed by atoms with E-state index in [1.54, 1.807) is 6.08 Å². The third kappa shape index (κ3) is 52.6. The van der Waals surface area contributed by atoms with Gasteiger partial charge in [0.15, 0.2) is 6.29 Å². The van der Waals surface area contributed by atoms with Crippen molar-refractivity contribution in [2.45, 2.75) is 410 Å². The number of aliphatic hydroxyl groups is 5. The SMILES string of the molecule is CCCCCCCCCC/C=C/CC/C=C/C(O)C(COC1OC(CO)C(O)C(O)C1O)NC(=O)CCCCCCCCCCCCCCCCCCC/C=C\CCCCCCCCCCCCCCOC(=O)CCCCCCCCCCCCC. The summed E-state index contributed by atoms with van der Waals surface area (Å²) in [5.41, 5.74) is 0. The summed E-state index contributed by atoms with van der Waals surface area (Å²) in [6, 6.07) is -0.825. The van der Waals surface area contributed by atoms with Crippen LogP contribution in [0, 0.1) is 0 Å². The largest absolute Gasteiger partial charge is 0.466 e. The molecule has 0 radical (unpaired) electrons. The molecule has 0 aromatic carbocycles. The molecule has 1 heterocycles. The number of hydrogen-bond donors (Lipinski definition) is 6. The molecule has 1 saturated heterocycles. The molecule has 7 unspecified atom stereocenters. The lowest BCUT2D eigenvalue weighted by Gasteiger charge is -2.40. The first-order valence-corrected chi connectivity index (χ1v) is 37.3. The quantitative estimate of drug-likeness (QED) is 0.0195. The fraction of sp³-hybridized carbons (Fsp3) is 0.893. The van der Waals surface area contributed by atoms with E-state index in [2.05, 4.69) is 43.5 Å². The third-order valence-electron chi connectivity index (χ3n) is 17.7. The van der Waals surface area contributed by atoms with Gasteiger partial charge in [0.2, 0.25) is 5.91 Å². The Labute approximate surface area is 530 Å². The fourth-order valence-electron chi connectivity index (χ4n) is 11.9. The minimum Gasteiger partial charge on any atom is -0.466 e. The Balaban J connectivity index is 1.96. The molecule has 0 bridgehead atoms. The molecule has 0 aromatic heterocycles. The summed E-state index contributed by atoms with van der Waals surface area (Å²) in [7, 11) is 0. The van der Waals surface area contributed by atoms with E-state index in [1.165, 1.54) is 289 Å². The van der Waals surface area contributed by atoms with Crippen molar-refractivity contribution in [3.8, 4) is 0 Å². The zero-order chi connectivity index (χ0) is 62.3. The van der Waals surface area contributed by atoms with Crippen molar-refractivity contribution in [2.75, 3.05) is 19.8 Å². The monoisotopic (exact) mass is 1220 g/mol. The number of rotatable bonds is 66. The summed E-state index contributed by atoms with van der Waals surface area (Å²) in [6.07, 6.45) is 72.9. The van der Waals surface area contributed by atoms with Gasteiger partial charge in [0.1, 0.15) is 24.4 Å². The molecule has 6 N–H and O–H groups in total. The first-order valence-electron chi connectivity index (χ1n) is 37.3. The molecular formula is C75H141NO10. The van der Waals surface area contributed by atoms with Crippen LogP contribution >= 0.6 is 0 Å². The van der Waals surface area contributed by atoms with Gasteiger partial charge in [-0.15, -0.1) is 0 Å². The molecule has 0 spiro atoms. The van der Waals surface area contributed by atoms with Crippen molar-refractivity contribution in [1.82, 2.24) is 5.32 Å². The van der Waals surface area contributed by atoms with Crippen LogP contribution in [0.1, 0.15) is 367 Å². The first-order chi connectivity index (χ1) is 42.2. The lowest BCUT2D eigenvalue weighted by molar-refractivity contribution is -0.302. The molecule has 1 rings (SSSR count). The maximum Gasteiger partial charge on any atom is 0.305 e. The van der Waals surface area contributed by atoms with Gasteiger partial charge in [-0.1, -0.05) is 320 Å². The van der Waals surface area contributed by atoms with Crippen LogP contribution in [-0.4, -0.2) is 100 Å². The maximum absolute atomic E-state index is 13.1. The highest BCUT2D eigenvalue weighted by Gasteiger charge is 2.44. The lowest BCUT2D eigenvalue weighted by atomic mass is 9.99. The highest BCUT2D eigenvalue weighted by molar-refractivity contribution is 5.76. The van der Waals surface area contributed by atoms with Gasteiger partial charge in [-0.3, -0.25) is 9.59 Å². The van der Waals surface area contributed by atoms with E-state index in [0.717, 1.165) is 51.4 Å². The predicted molar refractivity (Wildman–Crippen MR) is 361 cm³/mol. The average Bonchev–Trinajstić information content (AvgIpc) is 3.06. The van der Waals surface area contributed by atoms with E-state index in [9.17, 15) is 35.1 Å². The van der Waals surface area contributed by atoms with Gasteiger partial charge in [0.05, 0.1) is 32.0 Å². The molecule has 7 atom stereocenters. The van der Waals surface area contributed by atoms with Gasteiger partial charge < -0.3 is 45.1 Å². The lowest BCUT2D eigenvalue weighted by Crippen LogP contribution is -2.60. The zero-order valence-electron chi connectivity index (χ0n) is 56.3. The van der Waals surface area contributed by atoms with Crippen molar-refractivity contribution in [2.24, 2.45) is 0 Å². The van der Waals surface area contributed by atoms with E-state index in [1.807, 2.05) is 6.08 Å². The van der Waals surface area contributed by atoms with Crippen molar-refractivity contribution < 1.29 is 49.3 Å². The number of aliphatic hydroxyl groups excluding tert-OH is 5. The molecule has 1 amide bonds. The second kappa shape index (κ2) is 64.4. The van der Waals surface area contributed by atoms with E-state index < -0.39 is 49.5 Å². The molecule has 86 heavy (non-hydrogen) atoms. The Kier molecular flexibility index (Phi) is 61.3. The van der Waals surface area contributed by atoms with E-state index in [4.69, 9.17) is 14.2 Å². The smallest absolute Gasteiger partial charge is 0.305 e. The standard InChI is InChI=1S/C75H141NO10/c1-3-5-7-9-11-13-15-16-38-42-45-49-53-57-61-68(78)67(66-85-75-74(83)73(82)72(81)69(65-77)86-75)76-70(79)62-58-54-50-46-43-39-36-34-32-30-28-26-24-22-20-18-17-19-21-23-25-27-29-31-33-35-37-40-44-48-52-56-60-64-84-71(80)63-59-55-51-47-41-14-12-10-8-6-4-2/h21,23,42,45,57,61,67-69,72-75,77-78,81-83H,3-20,22,24-41,43-44,46-56,58-60,62-66H2,1-2H3,(H,76,79)/b23-21-,45-42+,61-57+. The van der Waals surface area contributed by atoms with Gasteiger partial charge in [0, 0.05) is 12.8 Å². The van der Waals surface area contributed by atoms with Crippen LogP contribution in [0.25, 0.3) is 0 Å². The molecule has 11 nitrogen and oxygen atoms in total. The van der Waals surface area contributed by atoms with E-state index in [-0.39, 0.29) is 18.5 Å². The number of amides is 1. The number of ether oxygens (including phenoxy) is 3. The van der Waals surface area contributed by atoms with E-state index in [0.29, 0.717) is 19.4 Å². The topological polar surface area (TPSA) is 175 Å². The highest BCUT2D eigenvalue weighted by atomic mass is 16.7. The average molecular weight is 1220 g/mol. The van der Waals surface area contributed by atoms with Crippen LogP contribution in [0.15, 0.2) is 36.5 Å². The molecule has 1 aliphatic rings. The highest BCUT2D eigenvalue weighted by Crippen LogP contribution is 2.23. The van der Waals surface area contributed by atoms with Gasteiger partial charge >= 0.3 is 5.97 Å². The Bertz CT molecular complexity index is 1520. The minimum atomic E-state index is -1.58. The predicted octanol–water partition coefficient (Wildman–Crippen LogP) is 19.4. The van der Waals surface area contributed by atoms with Crippen LogP contribution in [0.2, 0.25) is 0 Å².